The van der Waals surface area contributed by atoms with Crippen LogP contribution in [0.2, 0.25) is 0 Å². The zero-order valence-corrected chi connectivity index (χ0v) is 18.9. The van der Waals surface area contributed by atoms with Gasteiger partial charge in [0.15, 0.2) is 11.5 Å². The Morgan fingerprint density at radius 3 is 2.75 bits per heavy atom. The van der Waals surface area contributed by atoms with E-state index in [0.717, 1.165) is 29.3 Å². The molecule has 170 valence electrons. The van der Waals surface area contributed by atoms with E-state index in [4.69, 9.17) is 18.9 Å². The van der Waals surface area contributed by atoms with Crippen molar-refractivity contribution in [2.75, 3.05) is 45.7 Å². The van der Waals surface area contributed by atoms with Crippen molar-refractivity contribution in [3.8, 4) is 17.2 Å². The zero-order chi connectivity index (χ0) is 22.1. The second-order valence-corrected chi connectivity index (χ2v) is 9.16. The van der Waals surface area contributed by atoms with E-state index in [-0.39, 0.29) is 12.6 Å². The summed E-state index contributed by atoms with van der Waals surface area (Å²) in [5.74, 6) is 1.57. The van der Waals surface area contributed by atoms with Gasteiger partial charge in [0.05, 0.1) is 0 Å². The summed E-state index contributed by atoms with van der Waals surface area (Å²) in [7, 11) is 0. The quantitative estimate of drug-likeness (QED) is 0.524. The fourth-order valence-electron chi connectivity index (χ4n) is 4.72. The summed E-state index contributed by atoms with van der Waals surface area (Å²) in [5, 5.41) is 10.5. The van der Waals surface area contributed by atoms with Gasteiger partial charge in [0.1, 0.15) is 42.8 Å². The average Bonchev–Trinajstić information content (AvgIpc) is 3.11. The third-order valence-electron chi connectivity index (χ3n) is 6.32. The van der Waals surface area contributed by atoms with Gasteiger partial charge in [-0.3, -0.25) is 0 Å². The van der Waals surface area contributed by atoms with Crippen LogP contribution in [0.5, 0.6) is 17.2 Å². The molecule has 32 heavy (non-hydrogen) atoms. The lowest BCUT2D eigenvalue weighted by Gasteiger charge is -2.39. The average molecular weight is 458 g/mol. The van der Waals surface area contributed by atoms with Crippen LogP contribution in [0.15, 0.2) is 41.3 Å². The predicted octanol–water partition coefficient (Wildman–Crippen LogP) is 3.08. The Bertz CT molecular complexity index is 1000. The summed E-state index contributed by atoms with van der Waals surface area (Å²) >= 11 is 1.62. The highest BCUT2D eigenvalue weighted by Gasteiger charge is 2.49. The summed E-state index contributed by atoms with van der Waals surface area (Å²) in [5.41, 5.74) is 0.776. The van der Waals surface area contributed by atoms with Crippen molar-refractivity contribution in [3.05, 3.63) is 47.5 Å². The number of hydrogen-bond acceptors (Lipinski definition) is 8. The Morgan fingerprint density at radius 2 is 1.94 bits per heavy atom. The molecule has 1 spiro atoms. The number of benzene rings is 2. The number of ether oxygens (including phenoxy) is 4. The molecule has 1 fully saturated rings. The largest absolute Gasteiger partial charge is 0.490 e. The number of carbonyl (C=O) groups excluding carboxylic acids is 1. The summed E-state index contributed by atoms with van der Waals surface area (Å²) < 4.78 is 23.1. The van der Waals surface area contributed by atoms with E-state index in [9.17, 15) is 9.90 Å². The topological polar surface area (TPSA) is 77.5 Å². The molecule has 1 N–H and O–H groups in total. The highest BCUT2D eigenvalue weighted by molar-refractivity contribution is 7.98. The molecule has 7 nitrogen and oxygen atoms in total. The molecule has 8 heteroatoms. The van der Waals surface area contributed by atoms with Crippen LogP contribution in [0.4, 0.5) is 0 Å². The van der Waals surface area contributed by atoms with Gasteiger partial charge in [0, 0.05) is 42.9 Å². The standard InChI is InChI=1S/C24H27NO6S/c1-32-20-5-3-2-4-18(20)30-15-16(26)14-25-10-8-24(9-11-25)17-6-7-19-22(29-13-12-28-19)21(17)23(27)31-24/h2-7,16,26H,8-15H2,1H3. The molecule has 1 saturated heterocycles. The molecule has 0 aliphatic carbocycles. The van der Waals surface area contributed by atoms with Crippen molar-refractivity contribution >= 4 is 17.7 Å². The zero-order valence-electron chi connectivity index (χ0n) is 18.0. The summed E-state index contributed by atoms with van der Waals surface area (Å²) in [6.07, 6.45) is 2.75. The van der Waals surface area contributed by atoms with Crippen LogP contribution in [0, 0.1) is 0 Å². The molecule has 3 aliphatic rings. The van der Waals surface area contributed by atoms with Crippen LogP contribution < -0.4 is 14.2 Å². The van der Waals surface area contributed by atoms with Gasteiger partial charge in [-0.1, -0.05) is 18.2 Å². The fourth-order valence-corrected chi connectivity index (χ4v) is 5.27. The van der Waals surface area contributed by atoms with Crippen LogP contribution >= 0.6 is 11.8 Å². The van der Waals surface area contributed by atoms with Gasteiger partial charge < -0.3 is 29.0 Å². The molecule has 0 saturated carbocycles. The molecule has 0 aromatic heterocycles. The minimum atomic E-state index is -0.627. The maximum atomic E-state index is 12.7. The van der Waals surface area contributed by atoms with E-state index in [1.165, 1.54) is 0 Å². The molecule has 3 heterocycles. The SMILES string of the molecule is CSc1ccccc1OCC(O)CN1CCC2(CC1)OC(=O)c1c2ccc2c1OCCO2. The number of aliphatic hydroxyl groups is 1. The summed E-state index contributed by atoms with van der Waals surface area (Å²) in [6, 6.07) is 11.6. The number of para-hydroxylation sites is 1. The molecule has 0 radical (unpaired) electrons. The van der Waals surface area contributed by atoms with Crippen LogP contribution in [0.25, 0.3) is 0 Å². The van der Waals surface area contributed by atoms with E-state index in [1.54, 1.807) is 11.8 Å². The van der Waals surface area contributed by atoms with Crippen LogP contribution in [0.3, 0.4) is 0 Å². The van der Waals surface area contributed by atoms with E-state index in [1.807, 2.05) is 42.7 Å². The lowest BCUT2D eigenvalue weighted by atomic mass is 9.83. The van der Waals surface area contributed by atoms with Crippen LogP contribution in [-0.4, -0.2) is 67.8 Å². The number of likely N-dealkylation sites (tertiary alicyclic amines) is 1. The van der Waals surface area contributed by atoms with Gasteiger partial charge in [-0.2, -0.15) is 0 Å². The van der Waals surface area contributed by atoms with Crippen molar-refractivity contribution in [2.24, 2.45) is 0 Å². The Morgan fingerprint density at radius 1 is 1.16 bits per heavy atom. The Hall–Kier alpha value is -2.42. The number of nitrogens with zero attached hydrogens (tertiary/aromatic N) is 1. The minimum Gasteiger partial charge on any atom is -0.490 e. The van der Waals surface area contributed by atoms with Gasteiger partial charge >= 0.3 is 5.97 Å². The first-order chi connectivity index (χ1) is 15.6. The van der Waals surface area contributed by atoms with E-state index in [2.05, 4.69) is 4.90 Å². The van der Waals surface area contributed by atoms with E-state index in [0.29, 0.717) is 49.7 Å². The van der Waals surface area contributed by atoms with E-state index >= 15 is 0 Å². The van der Waals surface area contributed by atoms with Crippen molar-refractivity contribution in [1.29, 1.82) is 0 Å². The molecule has 0 bridgehead atoms. The normalized spacial score (nSPS) is 20.0. The van der Waals surface area contributed by atoms with Crippen molar-refractivity contribution in [1.82, 2.24) is 4.90 Å². The van der Waals surface area contributed by atoms with Crippen molar-refractivity contribution in [2.45, 2.75) is 29.4 Å². The van der Waals surface area contributed by atoms with Gasteiger partial charge in [0.25, 0.3) is 0 Å². The predicted molar refractivity (Wildman–Crippen MR) is 120 cm³/mol. The molecule has 2 aromatic rings. The Kier molecular flexibility index (Phi) is 5.92. The number of β-amino-alcohol motifs (C(OH)–C–C–N with tert-alkyl or cyclic N) is 1. The van der Waals surface area contributed by atoms with E-state index < -0.39 is 11.7 Å². The lowest BCUT2D eigenvalue weighted by molar-refractivity contribution is -0.0497. The molecule has 1 atom stereocenters. The number of thioether (sulfide) groups is 1. The number of fused-ring (bicyclic) bond motifs is 4. The van der Waals surface area contributed by atoms with Crippen LogP contribution in [-0.2, 0) is 10.3 Å². The second-order valence-electron chi connectivity index (χ2n) is 8.31. The first-order valence-corrected chi connectivity index (χ1v) is 12.1. The van der Waals surface area contributed by atoms with Gasteiger partial charge in [0.2, 0.25) is 0 Å². The van der Waals surface area contributed by atoms with Crippen LogP contribution in [0.1, 0.15) is 28.8 Å². The highest BCUT2D eigenvalue weighted by Crippen LogP contribution is 2.50. The first kappa shape index (κ1) is 21.4. The van der Waals surface area contributed by atoms with Gasteiger partial charge in [-0.15, -0.1) is 11.8 Å². The Balaban J connectivity index is 1.20. The molecule has 1 unspecified atom stereocenters. The number of piperidine rings is 1. The van der Waals surface area contributed by atoms with Gasteiger partial charge in [-0.25, -0.2) is 4.79 Å². The maximum Gasteiger partial charge on any atom is 0.343 e. The second kappa shape index (κ2) is 8.84. The molecule has 5 rings (SSSR count). The number of hydrogen-bond donors (Lipinski definition) is 1. The smallest absolute Gasteiger partial charge is 0.343 e. The number of carbonyl (C=O) groups is 1. The monoisotopic (exact) mass is 457 g/mol. The summed E-state index contributed by atoms with van der Waals surface area (Å²) in [6.45, 7) is 3.11. The third-order valence-corrected chi connectivity index (χ3v) is 7.10. The lowest BCUT2D eigenvalue weighted by Crippen LogP contribution is -2.46. The van der Waals surface area contributed by atoms with Crippen molar-refractivity contribution in [3.63, 3.8) is 0 Å². The highest BCUT2D eigenvalue weighted by atomic mass is 32.2. The molecule has 2 aromatic carbocycles. The fraction of sp³-hybridized carbons (Fsp3) is 0.458. The number of aliphatic hydroxyl groups excluding tert-OH is 1. The molecule has 3 aliphatic heterocycles. The van der Waals surface area contributed by atoms with Gasteiger partial charge in [-0.05, 0) is 24.5 Å². The molecular formula is C24H27NO6S. The maximum absolute atomic E-state index is 12.7. The molecule has 0 amide bonds. The number of esters is 1. The summed E-state index contributed by atoms with van der Waals surface area (Å²) in [4.78, 5) is 16.0. The number of rotatable bonds is 6. The minimum absolute atomic E-state index is 0.237. The third kappa shape index (κ3) is 3.91. The Labute approximate surface area is 191 Å². The molecular weight excluding hydrogens is 430 g/mol. The van der Waals surface area contributed by atoms with Crippen molar-refractivity contribution < 1.29 is 28.8 Å². The first-order valence-electron chi connectivity index (χ1n) is 10.9.